The van der Waals surface area contributed by atoms with Crippen LogP contribution in [0.3, 0.4) is 0 Å². The number of pyridine rings is 1. The first-order chi connectivity index (χ1) is 10.3. The van der Waals surface area contributed by atoms with Crippen molar-refractivity contribution in [3.63, 3.8) is 0 Å². The molecular formula is C17H14N4. The standard InChI is InChI=1S/C17H14N4/c18-16-5-1-2-6-17(16)21-20-15-9-7-13(8-10-15)14-4-3-11-19-12-14/h1-12H,18H2/b21-20+. The van der Waals surface area contributed by atoms with Gasteiger partial charge < -0.3 is 5.73 Å². The van der Waals surface area contributed by atoms with Gasteiger partial charge in [-0.05, 0) is 41.5 Å². The molecule has 3 rings (SSSR count). The van der Waals surface area contributed by atoms with Gasteiger partial charge in [-0.2, -0.15) is 5.11 Å². The normalized spacial score (nSPS) is 10.9. The Morgan fingerprint density at radius 2 is 1.57 bits per heavy atom. The Balaban J connectivity index is 1.81. The van der Waals surface area contributed by atoms with E-state index >= 15 is 0 Å². The van der Waals surface area contributed by atoms with Crippen LogP contribution in [0.1, 0.15) is 0 Å². The average molecular weight is 274 g/mol. The molecule has 0 aliphatic heterocycles. The summed E-state index contributed by atoms with van der Waals surface area (Å²) in [5.41, 5.74) is 10.1. The minimum absolute atomic E-state index is 0.619. The smallest absolute Gasteiger partial charge is 0.109 e. The van der Waals surface area contributed by atoms with E-state index < -0.39 is 0 Å². The number of para-hydroxylation sites is 1. The lowest BCUT2D eigenvalue weighted by atomic mass is 10.1. The number of anilines is 1. The van der Waals surface area contributed by atoms with Crippen LogP contribution >= 0.6 is 0 Å². The number of benzene rings is 2. The predicted molar refractivity (Wildman–Crippen MR) is 84.7 cm³/mol. The van der Waals surface area contributed by atoms with Crippen LogP contribution in [0, 0.1) is 0 Å². The van der Waals surface area contributed by atoms with Gasteiger partial charge in [0.1, 0.15) is 5.69 Å². The Morgan fingerprint density at radius 3 is 2.29 bits per heavy atom. The van der Waals surface area contributed by atoms with E-state index in [0.29, 0.717) is 11.4 Å². The van der Waals surface area contributed by atoms with Gasteiger partial charge in [0.2, 0.25) is 0 Å². The lowest BCUT2D eigenvalue weighted by Gasteiger charge is -2.01. The molecule has 1 aromatic heterocycles. The number of aromatic nitrogens is 1. The van der Waals surface area contributed by atoms with Crippen molar-refractivity contribution in [3.8, 4) is 11.1 Å². The number of nitrogens with two attached hydrogens (primary N) is 1. The van der Waals surface area contributed by atoms with Crippen molar-refractivity contribution in [1.29, 1.82) is 0 Å². The van der Waals surface area contributed by atoms with Crippen molar-refractivity contribution < 1.29 is 0 Å². The quantitative estimate of drug-likeness (QED) is 0.553. The zero-order chi connectivity index (χ0) is 14.5. The molecule has 102 valence electrons. The Kier molecular flexibility index (Phi) is 3.69. The molecule has 0 bridgehead atoms. The van der Waals surface area contributed by atoms with E-state index in [0.717, 1.165) is 16.8 Å². The molecule has 0 aliphatic carbocycles. The highest BCUT2D eigenvalue weighted by molar-refractivity contribution is 5.65. The highest BCUT2D eigenvalue weighted by atomic mass is 15.1. The number of hydrogen-bond donors (Lipinski definition) is 1. The van der Waals surface area contributed by atoms with Crippen molar-refractivity contribution in [1.82, 2.24) is 4.98 Å². The summed E-state index contributed by atoms with van der Waals surface area (Å²) < 4.78 is 0. The first-order valence-electron chi connectivity index (χ1n) is 6.60. The van der Waals surface area contributed by atoms with Gasteiger partial charge in [-0.15, -0.1) is 5.11 Å². The second-order valence-electron chi connectivity index (χ2n) is 4.55. The van der Waals surface area contributed by atoms with E-state index in [2.05, 4.69) is 15.2 Å². The van der Waals surface area contributed by atoms with Crippen LogP contribution in [0.15, 0.2) is 83.3 Å². The van der Waals surface area contributed by atoms with E-state index in [1.54, 1.807) is 12.3 Å². The molecule has 0 saturated heterocycles. The summed E-state index contributed by atoms with van der Waals surface area (Å²) in [6.07, 6.45) is 3.59. The molecule has 0 saturated carbocycles. The second kappa shape index (κ2) is 5.96. The van der Waals surface area contributed by atoms with Gasteiger partial charge in [0.25, 0.3) is 0 Å². The minimum Gasteiger partial charge on any atom is -0.397 e. The molecule has 0 radical (unpaired) electrons. The van der Waals surface area contributed by atoms with Crippen molar-refractivity contribution in [2.75, 3.05) is 5.73 Å². The molecule has 3 aromatic rings. The molecule has 0 unspecified atom stereocenters. The molecule has 0 spiro atoms. The molecule has 21 heavy (non-hydrogen) atoms. The van der Waals surface area contributed by atoms with Crippen molar-refractivity contribution in [3.05, 3.63) is 73.1 Å². The van der Waals surface area contributed by atoms with Gasteiger partial charge in [-0.3, -0.25) is 4.98 Å². The Morgan fingerprint density at radius 1 is 0.762 bits per heavy atom. The van der Waals surface area contributed by atoms with E-state index in [9.17, 15) is 0 Å². The molecule has 2 aromatic carbocycles. The summed E-state index contributed by atoms with van der Waals surface area (Å²) in [5, 5.41) is 8.37. The van der Waals surface area contributed by atoms with E-state index in [4.69, 9.17) is 5.73 Å². The van der Waals surface area contributed by atoms with Gasteiger partial charge in [0.15, 0.2) is 0 Å². The third-order valence-electron chi connectivity index (χ3n) is 3.07. The van der Waals surface area contributed by atoms with Crippen LogP contribution in [-0.2, 0) is 0 Å². The summed E-state index contributed by atoms with van der Waals surface area (Å²) in [7, 11) is 0. The number of nitrogen functional groups attached to an aromatic ring is 1. The fraction of sp³-hybridized carbons (Fsp3) is 0. The summed E-state index contributed by atoms with van der Waals surface area (Å²) in [5.74, 6) is 0. The number of hydrogen-bond acceptors (Lipinski definition) is 4. The third-order valence-corrected chi connectivity index (χ3v) is 3.07. The molecule has 0 atom stereocenters. The van der Waals surface area contributed by atoms with Crippen LogP contribution in [0.25, 0.3) is 11.1 Å². The lowest BCUT2D eigenvalue weighted by Crippen LogP contribution is -1.82. The van der Waals surface area contributed by atoms with Crippen LogP contribution in [-0.4, -0.2) is 4.98 Å². The van der Waals surface area contributed by atoms with Gasteiger partial charge in [0, 0.05) is 12.4 Å². The largest absolute Gasteiger partial charge is 0.397 e. The number of azo groups is 1. The summed E-state index contributed by atoms with van der Waals surface area (Å²) in [4.78, 5) is 4.11. The van der Waals surface area contributed by atoms with Gasteiger partial charge in [-0.25, -0.2) is 0 Å². The average Bonchev–Trinajstić information content (AvgIpc) is 2.55. The second-order valence-corrected chi connectivity index (χ2v) is 4.55. The molecule has 0 fully saturated rings. The molecule has 0 aliphatic rings. The lowest BCUT2D eigenvalue weighted by molar-refractivity contribution is 1.23. The van der Waals surface area contributed by atoms with Crippen LogP contribution in [0.2, 0.25) is 0 Å². The van der Waals surface area contributed by atoms with Crippen molar-refractivity contribution in [2.24, 2.45) is 10.2 Å². The van der Waals surface area contributed by atoms with E-state index in [1.165, 1.54) is 0 Å². The van der Waals surface area contributed by atoms with E-state index in [1.807, 2.05) is 60.8 Å². The highest BCUT2D eigenvalue weighted by Crippen LogP contribution is 2.25. The SMILES string of the molecule is Nc1ccccc1/N=N/c1ccc(-c2cccnc2)cc1. The summed E-state index contributed by atoms with van der Waals surface area (Å²) >= 11 is 0. The molecule has 1 heterocycles. The number of nitrogens with zero attached hydrogens (tertiary/aromatic N) is 3. The fourth-order valence-electron chi connectivity index (χ4n) is 1.94. The molecular weight excluding hydrogens is 260 g/mol. The molecule has 4 nitrogen and oxygen atoms in total. The molecule has 2 N–H and O–H groups in total. The fourth-order valence-corrected chi connectivity index (χ4v) is 1.94. The zero-order valence-electron chi connectivity index (χ0n) is 11.3. The molecule has 0 amide bonds. The summed E-state index contributed by atoms with van der Waals surface area (Å²) in [6.45, 7) is 0. The van der Waals surface area contributed by atoms with Gasteiger partial charge in [0.05, 0.1) is 11.4 Å². The topological polar surface area (TPSA) is 63.6 Å². The third kappa shape index (κ3) is 3.12. The maximum absolute atomic E-state index is 5.82. The van der Waals surface area contributed by atoms with Gasteiger partial charge >= 0.3 is 0 Å². The summed E-state index contributed by atoms with van der Waals surface area (Å²) in [6, 6.07) is 19.2. The Labute approximate surface area is 123 Å². The van der Waals surface area contributed by atoms with Crippen LogP contribution in [0.4, 0.5) is 17.1 Å². The highest BCUT2D eigenvalue weighted by Gasteiger charge is 1.98. The van der Waals surface area contributed by atoms with Crippen molar-refractivity contribution in [2.45, 2.75) is 0 Å². The molecule has 4 heteroatoms. The Hall–Kier alpha value is -3.01. The number of rotatable bonds is 3. The maximum atomic E-state index is 5.82. The Bertz CT molecular complexity index is 749. The van der Waals surface area contributed by atoms with Crippen LogP contribution in [0.5, 0.6) is 0 Å². The first-order valence-corrected chi connectivity index (χ1v) is 6.60. The van der Waals surface area contributed by atoms with Crippen LogP contribution < -0.4 is 5.73 Å². The van der Waals surface area contributed by atoms with E-state index in [-0.39, 0.29) is 0 Å². The minimum atomic E-state index is 0.619. The monoisotopic (exact) mass is 274 g/mol. The van der Waals surface area contributed by atoms with Gasteiger partial charge in [-0.1, -0.05) is 30.3 Å². The first kappa shape index (κ1) is 13.0. The predicted octanol–water partition coefficient (Wildman–Crippen LogP) is 4.75. The zero-order valence-corrected chi connectivity index (χ0v) is 11.3. The maximum Gasteiger partial charge on any atom is 0.109 e. The van der Waals surface area contributed by atoms with Crippen molar-refractivity contribution >= 4 is 17.1 Å².